The third kappa shape index (κ3) is 6.61. The smallest absolute Gasteiger partial charge is 0.222 e. The fourth-order valence-corrected chi connectivity index (χ4v) is 1.96. The maximum absolute atomic E-state index is 14.2. The molecule has 21 heavy (non-hydrogen) atoms. The summed E-state index contributed by atoms with van der Waals surface area (Å²) in [5, 5.41) is 0. The van der Waals surface area contributed by atoms with Crippen molar-refractivity contribution in [3.05, 3.63) is 29.8 Å². The van der Waals surface area contributed by atoms with Crippen molar-refractivity contribution in [2.24, 2.45) is 0 Å². The Morgan fingerprint density at radius 1 is 1.33 bits per heavy atom. The van der Waals surface area contributed by atoms with Crippen LogP contribution in [0.3, 0.4) is 0 Å². The monoisotopic (exact) mass is 295 g/mol. The van der Waals surface area contributed by atoms with E-state index in [1.54, 1.807) is 26.2 Å². The molecule has 0 spiro atoms. The third-order valence-corrected chi connectivity index (χ3v) is 3.33. The Labute approximate surface area is 127 Å². The van der Waals surface area contributed by atoms with Crippen LogP contribution in [0.4, 0.5) is 4.39 Å². The molecule has 3 nitrogen and oxygen atoms in total. The van der Waals surface area contributed by atoms with Gasteiger partial charge in [0, 0.05) is 20.5 Å². The van der Waals surface area contributed by atoms with Crippen LogP contribution in [0.5, 0.6) is 5.75 Å². The lowest BCUT2D eigenvalue weighted by Gasteiger charge is -2.12. The van der Waals surface area contributed by atoms with Gasteiger partial charge in [-0.3, -0.25) is 4.79 Å². The Bertz CT molecular complexity index is 435. The van der Waals surface area contributed by atoms with Gasteiger partial charge in [-0.2, -0.15) is 0 Å². The van der Waals surface area contributed by atoms with Crippen molar-refractivity contribution >= 4 is 5.91 Å². The molecule has 0 saturated heterocycles. The zero-order valence-corrected chi connectivity index (χ0v) is 13.3. The number of carbonyl (C=O) groups is 1. The van der Waals surface area contributed by atoms with Crippen LogP contribution >= 0.6 is 0 Å². The van der Waals surface area contributed by atoms with Gasteiger partial charge in [0.25, 0.3) is 0 Å². The molecular formula is C17H26FNO2. The number of alkyl halides is 1. The van der Waals surface area contributed by atoms with Gasteiger partial charge in [-0.1, -0.05) is 25.5 Å². The molecule has 0 aromatic heterocycles. The second kappa shape index (κ2) is 9.37. The van der Waals surface area contributed by atoms with Crippen LogP contribution in [0.25, 0.3) is 0 Å². The predicted molar refractivity (Wildman–Crippen MR) is 83.2 cm³/mol. The molecule has 1 amide bonds. The summed E-state index contributed by atoms with van der Waals surface area (Å²) < 4.78 is 19.8. The second-order valence-corrected chi connectivity index (χ2v) is 5.42. The molecular weight excluding hydrogens is 269 g/mol. The van der Waals surface area contributed by atoms with Gasteiger partial charge in [0.2, 0.25) is 5.91 Å². The Morgan fingerprint density at radius 3 is 2.76 bits per heavy atom. The minimum absolute atomic E-state index is 0.0406. The molecule has 118 valence electrons. The summed E-state index contributed by atoms with van der Waals surface area (Å²) in [6, 6.07) is 7.19. The highest BCUT2D eigenvalue weighted by molar-refractivity contribution is 5.75. The summed E-state index contributed by atoms with van der Waals surface area (Å²) in [7, 11) is 3.43. The van der Waals surface area contributed by atoms with Gasteiger partial charge in [-0.05, 0) is 37.0 Å². The number of halogens is 1. The molecule has 0 aliphatic heterocycles. The van der Waals surface area contributed by atoms with Crippen LogP contribution in [0.15, 0.2) is 24.3 Å². The first-order valence-corrected chi connectivity index (χ1v) is 7.61. The van der Waals surface area contributed by atoms with Crippen molar-refractivity contribution in [1.82, 2.24) is 4.90 Å². The van der Waals surface area contributed by atoms with Crippen molar-refractivity contribution in [2.45, 2.75) is 45.2 Å². The van der Waals surface area contributed by atoms with Crippen molar-refractivity contribution in [3.63, 3.8) is 0 Å². The fourth-order valence-electron chi connectivity index (χ4n) is 1.96. The molecule has 0 radical (unpaired) electrons. The molecule has 1 unspecified atom stereocenters. The Kier molecular flexibility index (Phi) is 7.80. The SMILES string of the molecule is CCCCOc1cccc(C(F)CCCC(=O)N(C)C)c1. The van der Waals surface area contributed by atoms with Crippen LogP contribution in [0, 0.1) is 0 Å². The van der Waals surface area contributed by atoms with Gasteiger partial charge in [0.05, 0.1) is 6.61 Å². The molecule has 0 bridgehead atoms. The lowest BCUT2D eigenvalue weighted by atomic mass is 10.0. The van der Waals surface area contributed by atoms with Crippen LogP contribution in [-0.2, 0) is 4.79 Å². The zero-order valence-electron chi connectivity index (χ0n) is 13.3. The number of nitrogens with zero attached hydrogens (tertiary/aromatic N) is 1. The van der Waals surface area contributed by atoms with E-state index in [0.717, 1.165) is 12.8 Å². The van der Waals surface area contributed by atoms with Crippen molar-refractivity contribution in [2.75, 3.05) is 20.7 Å². The summed E-state index contributed by atoms with van der Waals surface area (Å²) >= 11 is 0. The summed E-state index contributed by atoms with van der Waals surface area (Å²) in [6.45, 7) is 2.76. The van der Waals surface area contributed by atoms with E-state index in [1.807, 2.05) is 12.1 Å². The Balaban J connectivity index is 2.44. The molecule has 1 aromatic rings. The first kappa shape index (κ1) is 17.5. The van der Waals surface area contributed by atoms with Gasteiger partial charge in [0.15, 0.2) is 0 Å². The average Bonchev–Trinajstić information content (AvgIpc) is 2.47. The predicted octanol–water partition coefficient (Wildman–Crippen LogP) is 4.13. The highest BCUT2D eigenvalue weighted by Gasteiger charge is 2.12. The van der Waals surface area contributed by atoms with Gasteiger partial charge in [-0.15, -0.1) is 0 Å². The van der Waals surface area contributed by atoms with Crippen molar-refractivity contribution in [1.29, 1.82) is 0 Å². The first-order chi connectivity index (χ1) is 10.0. The highest BCUT2D eigenvalue weighted by atomic mass is 19.1. The average molecular weight is 295 g/mol. The van der Waals surface area contributed by atoms with Gasteiger partial charge in [0.1, 0.15) is 11.9 Å². The van der Waals surface area contributed by atoms with Crippen LogP contribution in [0.1, 0.15) is 50.8 Å². The summed E-state index contributed by atoms with van der Waals surface area (Å²) in [5.74, 6) is 0.756. The lowest BCUT2D eigenvalue weighted by molar-refractivity contribution is -0.128. The largest absolute Gasteiger partial charge is 0.494 e. The molecule has 0 N–H and O–H groups in total. The fraction of sp³-hybridized carbons (Fsp3) is 0.588. The minimum atomic E-state index is -1.05. The lowest BCUT2D eigenvalue weighted by Crippen LogP contribution is -2.21. The van der Waals surface area contributed by atoms with E-state index in [1.165, 1.54) is 4.90 Å². The number of amides is 1. The maximum atomic E-state index is 14.2. The summed E-state index contributed by atoms with van der Waals surface area (Å²) in [4.78, 5) is 13.0. The standard InChI is InChI=1S/C17H26FNO2/c1-4-5-12-21-15-9-6-8-14(13-15)16(18)10-7-11-17(20)19(2)3/h6,8-9,13,16H,4-5,7,10-12H2,1-3H3. The van der Waals surface area contributed by atoms with Crippen LogP contribution in [-0.4, -0.2) is 31.5 Å². The molecule has 0 heterocycles. The number of rotatable bonds is 9. The van der Waals surface area contributed by atoms with E-state index in [0.29, 0.717) is 37.2 Å². The molecule has 0 fully saturated rings. The van der Waals surface area contributed by atoms with E-state index in [4.69, 9.17) is 4.74 Å². The summed E-state index contributed by atoms with van der Waals surface area (Å²) in [5.41, 5.74) is 0.626. The third-order valence-electron chi connectivity index (χ3n) is 3.33. The number of hydrogen-bond acceptors (Lipinski definition) is 2. The van der Waals surface area contributed by atoms with E-state index < -0.39 is 6.17 Å². The highest BCUT2D eigenvalue weighted by Crippen LogP contribution is 2.26. The van der Waals surface area contributed by atoms with Gasteiger partial charge in [-0.25, -0.2) is 4.39 Å². The molecule has 1 aromatic carbocycles. The van der Waals surface area contributed by atoms with Crippen LogP contribution < -0.4 is 4.74 Å². The molecule has 0 aliphatic rings. The van der Waals surface area contributed by atoms with E-state index >= 15 is 0 Å². The molecule has 0 saturated carbocycles. The van der Waals surface area contributed by atoms with Crippen LogP contribution in [0.2, 0.25) is 0 Å². The van der Waals surface area contributed by atoms with Crippen molar-refractivity contribution in [3.8, 4) is 5.75 Å². The second-order valence-electron chi connectivity index (χ2n) is 5.42. The topological polar surface area (TPSA) is 29.5 Å². The molecule has 1 atom stereocenters. The minimum Gasteiger partial charge on any atom is -0.494 e. The number of carbonyl (C=O) groups excluding carboxylic acids is 1. The molecule has 1 rings (SSSR count). The molecule has 0 aliphatic carbocycles. The zero-order chi connectivity index (χ0) is 15.7. The summed E-state index contributed by atoms with van der Waals surface area (Å²) in [6.07, 6.45) is 2.33. The van der Waals surface area contributed by atoms with E-state index in [9.17, 15) is 9.18 Å². The first-order valence-electron chi connectivity index (χ1n) is 7.61. The Hall–Kier alpha value is -1.58. The molecule has 4 heteroatoms. The normalized spacial score (nSPS) is 12.0. The van der Waals surface area contributed by atoms with Gasteiger partial charge < -0.3 is 9.64 Å². The van der Waals surface area contributed by atoms with Crippen molar-refractivity contribution < 1.29 is 13.9 Å². The quantitative estimate of drug-likeness (QED) is 0.641. The van der Waals surface area contributed by atoms with Gasteiger partial charge >= 0.3 is 0 Å². The maximum Gasteiger partial charge on any atom is 0.222 e. The van der Waals surface area contributed by atoms with E-state index in [-0.39, 0.29) is 5.91 Å². The number of hydrogen-bond donors (Lipinski definition) is 0. The van der Waals surface area contributed by atoms with E-state index in [2.05, 4.69) is 6.92 Å². The number of unbranched alkanes of at least 4 members (excludes halogenated alkanes) is 1. The number of benzene rings is 1. The Morgan fingerprint density at radius 2 is 2.10 bits per heavy atom. The number of ether oxygens (including phenoxy) is 1.